The molecule has 1 N–H and O–H groups in total. The first kappa shape index (κ1) is 20.9. The van der Waals surface area contributed by atoms with Gasteiger partial charge in [-0.25, -0.2) is 4.79 Å². The van der Waals surface area contributed by atoms with E-state index < -0.39 is 18.1 Å². The fourth-order valence-corrected chi connectivity index (χ4v) is 7.73. The quantitative estimate of drug-likeness (QED) is 0.540. The molecule has 1 aromatic carbocycles. The van der Waals surface area contributed by atoms with Crippen molar-refractivity contribution in [2.45, 2.75) is 70.4 Å². The molecule has 5 aliphatic rings. The number of H-pyrrole nitrogens is 1. The molecule has 174 valence electrons. The Morgan fingerprint density at radius 3 is 2.42 bits per heavy atom. The Hall–Kier alpha value is -2.63. The van der Waals surface area contributed by atoms with E-state index in [1.165, 1.54) is 19.3 Å². The highest BCUT2D eigenvalue weighted by Crippen LogP contribution is 2.60. The molecule has 4 aliphatic carbocycles. The maximum Gasteiger partial charge on any atom is 0.329 e. The Morgan fingerprint density at radius 1 is 1.06 bits per heavy atom. The number of para-hydroxylation sites is 1. The highest BCUT2D eigenvalue weighted by atomic mass is 16.5. The second-order valence-electron chi connectivity index (χ2n) is 11.0. The number of nitrogens with zero attached hydrogens (tertiary/aromatic N) is 1. The molecular weight excluding hydrogens is 416 g/mol. The number of amides is 1. The standard InChI is InChI=1S/C27H32N2O4/c1-16(24(30)21-15-28-22-6-3-2-5-20(21)22)33-25(31)23-7-4-8-29(23)26(32)27-12-17-9-18(13-27)11-19(10-17)14-27/h2-3,5-6,15-19,23,28H,4,7-14H2,1H3/t16-,17?,18?,19?,23+,27?/m0/s1. The average Bonchev–Trinajstić information content (AvgIpc) is 3.44. The van der Waals surface area contributed by atoms with E-state index in [0.717, 1.165) is 36.6 Å². The molecule has 1 aromatic heterocycles. The molecule has 2 heterocycles. The molecule has 1 saturated heterocycles. The molecule has 7 rings (SSSR count). The number of ketones is 1. The molecular formula is C27H32N2O4. The second-order valence-corrected chi connectivity index (χ2v) is 11.0. The van der Waals surface area contributed by atoms with Crippen LogP contribution in [0.4, 0.5) is 0 Å². The maximum absolute atomic E-state index is 13.8. The predicted octanol–water partition coefficient (Wildman–Crippen LogP) is 4.49. The van der Waals surface area contributed by atoms with Gasteiger partial charge in [0.1, 0.15) is 6.04 Å². The summed E-state index contributed by atoms with van der Waals surface area (Å²) in [5, 5.41) is 0.824. The van der Waals surface area contributed by atoms with Gasteiger partial charge in [-0.15, -0.1) is 0 Å². The summed E-state index contributed by atoms with van der Waals surface area (Å²) in [6.07, 6.45) is 9.03. The van der Waals surface area contributed by atoms with E-state index in [1.807, 2.05) is 24.3 Å². The third-order valence-corrected chi connectivity index (χ3v) is 8.79. The van der Waals surface area contributed by atoms with Crippen molar-refractivity contribution in [2.24, 2.45) is 23.2 Å². The number of ether oxygens (including phenoxy) is 1. The van der Waals surface area contributed by atoms with Crippen LogP contribution in [-0.4, -0.2) is 46.2 Å². The lowest BCUT2D eigenvalue weighted by atomic mass is 9.49. The molecule has 4 saturated carbocycles. The minimum atomic E-state index is -0.895. The van der Waals surface area contributed by atoms with Gasteiger partial charge in [0.05, 0.1) is 5.41 Å². The van der Waals surface area contributed by atoms with Gasteiger partial charge < -0.3 is 14.6 Å². The van der Waals surface area contributed by atoms with Gasteiger partial charge in [0.2, 0.25) is 11.7 Å². The third kappa shape index (κ3) is 3.41. The summed E-state index contributed by atoms with van der Waals surface area (Å²) in [5.41, 5.74) is 1.14. The largest absolute Gasteiger partial charge is 0.453 e. The van der Waals surface area contributed by atoms with Crippen LogP contribution in [0.3, 0.4) is 0 Å². The monoisotopic (exact) mass is 448 g/mol. The van der Waals surface area contributed by atoms with Crippen molar-refractivity contribution < 1.29 is 19.1 Å². The lowest BCUT2D eigenvalue weighted by molar-refractivity contribution is -0.166. The summed E-state index contributed by atoms with van der Waals surface area (Å²) in [6.45, 7) is 2.24. The van der Waals surface area contributed by atoms with Gasteiger partial charge in [0, 0.05) is 29.2 Å². The number of Topliss-reactive ketones (excluding diaryl/α,β-unsaturated/α-hetero) is 1. The Morgan fingerprint density at radius 2 is 1.73 bits per heavy atom. The Balaban J connectivity index is 1.16. The molecule has 1 amide bonds. The van der Waals surface area contributed by atoms with Crippen LogP contribution in [0.15, 0.2) is 30.5 Å². The number of likely N-dealkylation sites (tertiary alicyclic amines) is 1. The number of aromatic amines is 1. The Kier molecular flexibility index (Phi) is 4.89. The van der Waals surface area contributed by atoms with Crippen LogP contribution in [0.5, 0.6) is 0 Å². The number of rotatable bonds is 5. The first-order valence-electron chi connectivity index (χ1n) is 12.6. The van der Waals surface area contributed by atoms with E-state index in [2.05, 4.69) is 4.98 Å². The molecule has 6 nitrogen and oxygen atoms in total. The zero-order valence-electron chi connectivity index (χ0n) is 19.2. The van der Waals surface area contributed by atoms with Gasteiger partial charge in [0.15, 0.2) is 6.10 Å². The van der Waals surface area contributed by atoms with E-state index in [-0.39, 0.29) is 17.1 Å². The number of nitrogens with one attached hydrogen (secondary N) is 1. The van der Waals surface area contributed by atoms with Gasteiger partial charge in [-0.05, 0) is 82.1 Å². The molecule has 2 aromatic rings. The first-order chi connectivity index (χ1) is 15.9. The van der Waals surface area contributed by atoms with Crippen LogP contribution >= 0.6 is 0 Å². The van der Waals surface area contributed by atoms with Crippen molar-refractivity contribution in [1.29, 1.82) is 0 Å². The Labute approximate surface area is 194 Å². The summed E-state index contributed by atoms with van der Waals surface area (Å²) < 4.78 is 5.67. The third-order valence-electron chi connectivity index (χ3n) is 8.79. The second kappa shape index (κ2) is 7.71. The van der Waals surface area contributed by atoms with Crippen molar-refractivity contribution in [3.05, 3.63) is 36.0 Å². The highest BCUT2D eigenvalue weighted by molar-refractivity contribution is 6.10. The predicted molar refractivity (Wildman–Crippen MR) is 124 cm³/mol. The number of esters is 1. The number of hydrogen-bond donors (Lipinski definition) is 1. The smallest absolute Gasteiger partial charge is 0.329 e. The fraction of sp³-hybridized carbons (Fsp3) is 0.593. The van der Waals surface area contributed by atoms with E-state index >= 15 is 0 Å². The maximum atomic E-state index is 13.8. The molecule has 0 radical (unpaired) electrons. The SMILES string of the molecule is C[C@H](OC(=O)[C@H]1CCCN1C(=O)C12CC3CC(CC(C3)C1)C2)C(=O)c1c[nH]c2ccccc12. The summed E-state index contributed by atoms with van der Waals surface area (Å²) >= 11 is 0. The number of aromatic nitrogens is 1. The van der Waals surface area contributed by atoms with E-state index in [9.17, 15) is 14.4 Å². The fourth-order valence-electron chi connectivity index (χ4n) is 7.73. The van der Waals surface area contributed by atoms with Crippen LogP contribution in [0.1, 0.15) is 68.6 Å². The van der Waals surface area contributed by atoms with Crippen LogP contribution in [0, 0.1) is 23.2 Å². The minimum absolute atomic E-state index is 0.177. The zero-order valence-corrected chi connectivity index (χ0v) is 19.2. The van der Waals surface area contributed by atoms with Gasteiger partial charge in [-0.3, -0.25) is 9.59 Å². The van der Waals surface area contributed by atoms with Crippen LogP contribution in [0.25, 0.3) is 10.9 Å². The van der Waals surface area contributed by atoms with Gasteiger partial charge in [-0.2, -0.15) is 0 Å². The molecule has 1 aliphatic heterocycles. The van der Waals surface area contributed by atoms with E-state index in [4.69, 9.17) is 4.74 Å². The van der Waals surface area contributed by atoms with Gasteiger partial charge in [0.25, 0.3) is 0 Å². The van der Waals surface area contributed by atoms with E-state index in [1.54, 1.807) is 18.0 Å². The minimum Gasteiger partial charge on any atom is -0.453 e. The number of fused-ring (bicyclic) bond motifs is 1. The van der Waals surface area contributed by atoms with Crippen molar-refractivity contribution in [3.8, 4) is 0 Å². The molecule has 33 heavy (non-hydrogen) atoms. The van der Waals surface area contributed by atoms with Crippen molar-refractivity contribution in [1.82, 2.24) is 9.88 Å². The van der Waals surface area contributed by atoms with Crippen LogP contribution in [-0.2, 0) is 14.3 Å². The Bertz CT molecular complexity index is 1080. The van der Waals surface area contributed by atoms with Gasteiger partial charge >= 0.3 is 5.97 Å². The molecule has 0 spiro atoms. The topological polar surface area (TPSA) is 79.5 Å². The van der Waals surface area contributed by atoms with Crippen molar-refractivity contribution >= 4 is 28.6 Å². The molecule has 4 bridgehead atoms. The van der Waals surface area contributed by atoms with Crippen molar-refractivity contribution in [3.63, 3.8) is 0 Å². The number of carbonyl (C=O) groups is 3. The van der Waals surface area contributed by atoms with Crippen LogP contribution in [0.2, 0.25) is 0 Å². The number of hydrogen-bond acceptors (Lipinski definition) is 4. The number of benzene rings is 1. The van der Waals surface area contributed by atoms with E-state index in [0.29, 0.717) is 36.3 Å². The average molecular weight is 449 g/mol. The van der Waals surface area contributed by atoms with Gasteiger partial charge in [-0.1, -0.05) is 18.2 Å². The molecule has 5 fully saturated rings. The molecule has 6 heteroatoms. The summed E-state index contributed by atoms with van der Waals surface area (Å²) in [4.78, 5) is 44.9. The summed E-state index contributed by atoms with van der Waals surface area (Å²) in [6, 6.07) is 7.03. The first-order valence-corrected chi connectivity index (χ1v) is 12.6. The van der Waals surface area contributed by atoms with Crippen LogP contribution < -0.4 is 0 Å². The summed E-state index contributed by atoms with van der Waals surface area (Å²) in [5.74, 6) is 1.56. The lowest BCUT2D eigenvalue weighted by Crippen LogP contribution is -2.56. The van der Waals surface area contributed by atoms with Crippen molar-refractivity contribution in [2.75, 3.05) is 6.54 Å². The number of carbonyl (C=O) groups excluding carboxylic acids is 3. The normalized spacial score (nSPS) is 33.4. The summed E-state index contributed by atoms with van der Waals surface area (Å²) in [7, 11) is 0. The molecule has 0 unspecified atom stereocenters. The lowest BCUT2D eigenvalue weighted by Gasteiger charge is -2.56. The zero-order chi connectivity index (χ0) is 22.7. The molecule has 2 atom stereocenters. The highest BCUT2D eigenvalue weighted by Gasteiger charge is 2.57.